The summed E-state index contributed by atoms with van der Waals surface area (Å²) in [5.41, 5.74) is 1.65. The monoisotopic (exact) mass is 389 g/mol. The molecule has 1 heterocycles. The van der Waals surface area contributed by atoms with Gasteiger partial charge < -0.3 is 15.7 Å². The normalized spacial score (nSPS) is 11.3. The first-order valence-electron chi connectivity index (χ1n) is 8.92. The van der Waals surface area contributed by atoms with Gasteiger partial charge in [0, 0.05) is 24.4 Å². The highest BCUT2D eigenvalue weighted by molar-refractivity contribution is 6.09. The molecule has 2 aromatic carbocycles. The summed E-state index contributed by atoms with van der Waals surface area (Å²) < 4.78 is 0. The second-order valence-corrected chi connectivity index (χ2v) is 6.29. The molecule has 2 amide bonds. The fourth-order valence-electron chi connectivity index (χ4n) is 2.77. The average molecular weight is 389 g/mol. The molecule has 0 saturated heterocycles. The Balaban J connectivity index is 1.76. The SMILES string of the molecule is O=C(Nc1ccccc1C(=O)NC(Cc1ccccc1)C(=O)O)c1ccncc1. The van der Waals surface area contributed by atoms with Crippen LogP contribution in [-0.2, 0) is 11.2 Å². The molecule has 1 atom stereocenters. The van der Waals surface area contributed by atoms with Crippen molar-refractivity contribution in [2.24, 2.45) is 0 Å². The summed E-state index contributed by atoms with van der Waals surface area (Å²) in [6.45, 7) is 0. The third-order valence-electron chi connectivity index (χ3n) is 4.25. The van der Waals surface area contributed by atoms with Crippen LogP contribution in [0.3, 0.4) is 0 Å². The van der Waals surface area contributed by atoms with E-state index in [1.807, 2.05) is 6.07 Å². The van der Waals surface area contributed by atoms with Crippen molar-refractivity contribution in [2.75, 3.05) is 5.32 Å². The molecule has 0 aliphatic rings. The lowest BCUT2D eigenvalue weighted by atomic mass is 10.0. The predicted molar refractivity (Wildman–Crippen MR) is 108 cm³/mol. The molecule has 0 fully saturated rings. The van der Waals surface area contributed by atoms with E-state index in [1.165, 1.54) is 18.5 Å². The van der Waals surface area contributed by atoms with E-state index < -0.39 is 23.8 Å². The molecule has 146 valence electrons. The van der Waals surface area contributed by atoms with Crippen molar-refractivity contribution in [3.63, 3.8) is 0 Å². The number of nitrogens with one attached hydrogen (secondary N) is 2. The lowest BCUT2D eigenvalue weighted by Crippen LogP contribution is -2.42. The lowest BCUT2D eigenvalue weighted by molar-refractivity contribution is -0.139. The molecule has 0 radical (unpaired) electrons. The number of nitrogens with zero attached hydrogens (tertiary/aromatic N) is 1. The molecule has 0 aliphatic heterocycles. The zero-order valence-corrected chi connectivity index (χ0v) is 15.4. The van der Waals surface area contributed by atoms with Crippen molar-refractivity contribution in [2.45, 2.75) is 12.5 Å². The zero-order chi connectivity index (χ0) is 20.6. The van der Waals surface area contributed by atoms with Gasteiger partial charge in [0.1, 0.15) is 6.04 Å². The predicted octanol–water partition coefficient (Wildman–Crippen LogP) is 2.76. The molecular weight excluding hydrogens is 370 g/mol. The van der Waals surface area contributed by atoms with Crippen LogP contribution in [0.25, 0.3) is 0 Å². The summed E-state index contributed by atoms with van der Waals surface area (Å²) in [5, 5.41) is 14.7. The Bertz CT molecular complexity index is 1010. The van der Waals surface area contributed by atoms with Gasteiger partial charge in [0.2, 0.25) is 0 Å². The molecule has 0 aliphatic carbocycles. The third kappa shape index (κ3) is 5.26. The molecule has 0 spiro atoms. The molecule has 29 heavy (non-hydrogen) atoms. The number of benzene rings is 2. The van der Waals surface area contributed by atoms with Crippen LogP contribution in [-0.4, -0.2) is 33.9 Å². The van der Waals surface area contributed by atoms with E-state index in [4.69, 9.17) is 0 Å². The number of hydrogen-bond acceptors (Lipinski definition) is 4. The minimum Gasteiger partial charge on any atom is -0.480 e. The van der Waals surface area contributed by atoms with E-state index in [9.17, 15) is 19.5 Å². The van der Waals surface area contributed by atoms with Crippen LogP contribution in [0, 0.1) is 0 Å². The summed E-state index contributed by atoms with van der Waals surface area (Å²) in [6, 6.07) is 17.5. The second-order valence-electron chi connectivity index (χ2n) is 6.29. The van der Waals surface area contributed by atoms with Crippen molar-refractivity contribution < 1.29 is 19.5 Å². The minimum absolute atomic E-state index is 0.146. The number of carbonyl (C=O) groups is 3. The van der Waals surface area contributed by atoms with Crippen molar-refractivity contribution in [1.29, 1.82) is 0 Å². The number of hydrogen-bond donors (Lipinski definition) is 3. The number of amides is 2. The Labute approximate surface area is 167 Å². The standard InChI is InChI=1S/C22H19N3O4/c26-20(16-10-12-23-13-11-16)24-18-9-5-4-8-17(18)21(27)25-19(22(28)29)14-15-6-2-1-3-7-15/h1-13,19H,14H2,(H,24,26)(H,25,27)(H,28,29). The van der Waals surface area contributed by atoms with Crippen LogP contribution < -0.4 is 10.6 Å². The highest BCUT2D eigenvalue weighted by Crippen LogP contribution is 2.17. The maximum absolute atomic E-state index is 12.8. The number of aliphatic carboxylic acids is 1. The molecule has 7 heteroatoms. The first-order valence-corrected chi connectivity index (χ1v) is 8.92. The van der Waals surface area contributed by atoms with E-state index in [2.05, 4.69) is 15.6 Å². The van der Waals surface area contributed by atoms with Crippen molar-refractivity contribution in [3.05, 3.63) is 95.8 Å². The van der Waals surface area contributed by atoms with Gasteiger partial charge in [-0.25, -0.2) is 4.79 Å². The molecule has 1 aromatic heterocycles. The van der Waals surface area contributed by atoms with Gasteiger partial charge in [-0.2, -0.15) is 0 Å². The number of pyridine rings is 1. The van der Waals surface area contributed by atoms with Gasteiger partial charge in [0.05, 0.1) is 11.3 Å². The number of anilines is 1. The maximum Gasteiger partial charge on any atom is 0.326 e. The van der Waals surface area contributed by atoms with Gasteiger partial charge in [0.25, 0.3) is 11.8 Å². The van der Waals surface area contributed by atoms with E-state index in [-0.39, 0.29) is 17.7 Å². The van der Waals surface area contributed by atoms with Crippen LogP contribution in [0.2, 0.25) is 0 Å². The largest absolute Gasteiger partial charge is 0.480 e. The van der Waals surface area contributed by atoms with Crippen LogP contribution >= 0.6 is 0 Å². The topological polar surface area (TPSA) is 108 Å². The summed E-state index contributed by atoms with van der Waals surface area (Å²) in [6.07, 6.45) is 3.14. The number of carboxylic acids is 1. The zero-order valence-electron chi connectivity index (χ0n) is 15.4. The molecule has 0 bridgehead atoms. The lowest BCUT2D eigenvalue weighted by Gasteiger charge is -2.16. The fraction of sp³-hybridized carbons (Fsp3) is 0.0909. The number of aromatic nitrogens is 1. The van der Waals surface area contributed by atoms with Crippen molar-refractivity contribution in [3.8, 4) is 0 Å². The smallest absolute Gasteiger partial charge is 0.326 e. The van der Waals surface area contributed by atoms with Crippen molar-refractivity contribution in [1.82, 2.24) is 10.3 Å². The quantitative estimate of drug-likeness (QED) is 0.576. The Kier molecular flexibility index (Phi) is 6.32. The average Bonchev–Trinajstić information content (AvgIpc) is 2.75. The number of rotatable bonds is 7. The highest BCUT2D eigenvalue weighted by Gasteiger charge is 2.23. The van der Waals surface area contributed by atoms with E-state index in [1.54, 1.807) is 54.6 Å². The van der Waals surface area contributed by atoms with Crippen LogP contribution in [0.5, 0.6) is 0 Å². The molecular formula is C22H19N3O4. The Morgan fingerprint density at radius 2 is 1.52 bits per heavy atom. The van der Waals surface area contributed by atoms with E-state index >= 15 is 0 Å². The fourth-order valence-corrected chi connectivity index (χ4v) is 2.77. The highest BCUT2D eigenvalue weighted by atomic mass is 16.4. The summed E-state index contributed by atoms with van der Waals surface area (Å²) >= 11 is 0. The van der Waals surface area contributed by atoms with Gasteiger partial charge in [-0.3, -0.25) is 14.6 Å². The molecule has 7 nitrogen and oxygen atoms in total. The van der Waals surface area contributed by atoms with Crippen molar-refractivity contribution >= 4 is 23.5 Å². The van der Waals surface area contributed by atoms with Gasteiger partial charge in [0.15, 0.2) is 0 Å². The number of carboxylic acid groups (broad SMARTS) is 1. The van der Waals surface area contributed by atoms with E-state index in [0.29, 0.717) is 5.56 Å². The van der Waals surface area contributed by atoms with Gasteiger partial charge in [-0.15, -0.1) is 0 Å². The Hall–Kier alpha value is -4.00. The van der Waals surface area contributed by atoms with E-state index in [0.717, 1.165) is 5.56 Å². The summed E-state index contributed by atoms with van der Waals surface area (Å²) in [7, 11) is 0. The minimum atomic E-state index is -1.14. The van der Waals surface area contributed by atoms with Gasteiger partial charge in [-0.05, 0) is 29.8 Å². The second kappa shape index (κ2) is 9.27. The first kappa shape index (κ1) is 19.8. The first-order chi connectivity index (χ1) is 14.0. The summed E-state index contributed by atoms with van der Waals surface area (Å²) in [5.74, 6) is -2.12. The molecule has 3 N–H and O–H groups in total. The summed E-state index contributed by atoms with van der Waals surface area (Å²) in [4.78, 5) is 40.6. The van der Waals surface area contributed by atoms with Crippen LogP contribution in [0.4, 0.5) is 5.69 Å². The molecule has 1 unspecified atom stereocenters. The maximum atomic E-state index is 12.8. The number of carbonyl (C=O) groups excluding carboxylic acids is 2. The Morgan fingerprint density at radius 1 is 0.862 bits per heavy atom. The molecule has 0 saturated carbocycles. The van der Waals surface area contributed by atoms with Gasteiger partial charge in [-0.1, -0.05) is 42.5 Å². The third-order valence-corrected chi connectivity index (χ3v) is 4.25. The van der Waals surface area contributed by atoms with Crippen LogP contribution in [0.15, 0.2) is 79.1 Å². The number of para-hydroxylation sites is 1. The Morgan fingerprint density at radius 3 is 2.21 bits per heavy atom. The molecule has 3 aromatic rings. The van der Waals surface area contributed by atoms with Gasteiger partial charge >= 0.3 is 5.97 Å². The van der Waals surface area contributed by atoms with Crippen LogP contribution in [0.1, 0.15) is 26.3 Å². The molecule has 3 rings (SSSR count).